The number of esters is 1. The maximum atomic E-state index is 13.0. The molecule has 1 unspecified atom stereocenters. The van der Waals surface area contributed by atoms with E-state index in [9.17, 15) is 9.59 Å². The standard InChI is InChI=1S/C25H22N4O3/c1-2-29-24(30)20(27-22-15-26-14-17-8-4-5-9-18(17)22)13-21(28-29)25(31)32-23-12-11-16-7-3-6-10-19(16)23/h3-10,13-15,23,27H,2,11-12H2,1H3. The van der Waals surface area contributed by atoms with Crippen molar-refractivity contribution in [2.24, 2.45) is 0 Å². The van der Waals surface area contributed by atoms with Crippen LogP contribution in [0.1, 0.15) is 41.1 Å². The average molecular weight is 426 g/mol. The number of hydrogen-bond donors (Lipinski definition) is 1. The van der Waals surface area contributed by atoms with Gasteiger partial charge in [-0.15, -0.1) is 0 Å². The minimum atomic E-state index is -0.548. The van der Waals surface area contributed by atoms with Crippen LogP contribution in [0.2, 0.25) is 0 Å². The predicted molar refractivity (Wildman–Crippen MR) is 122 cm³/mol. The van der Waals surface area contributed by atoms with Crippen molar-refractivity contribution in [1.82, 2.24) is 14.8 Å². The number of carbonyl (C=O) groups excluding carboxylic acids is 1. The molecule has 0 saturated carbocycles. The second-order valence-electron chi connectivity index (χ2n) is 7.73. The second-order valence-corrected chi connectivity index (χ2v) is 7.73. The highest BCUT2D eigenvalue weighted by Crippen LogP contribution is 2.34. The lowest BCUT2D eigenvalue weighted by molar-refractivity contribution is 0.0291. The maximum Gasteiger partial charge on any atom is 0.359 e. The van der Waals surface area contributed by atoms with Gasteiger partial charge in [0.2, 0.25) is 0 Å². The largest absolute Gasteiger partial charge is 0.453 e. The number of fused-ring (bicyclic) bond motifs is 2. The molecule has 2 aromatic heterocycles. The molecule has 0 saturated heterocycles. The summed E-state index contributed by atoms with van der Waals surface area (Å²) in [7, 11) is 0. The molecule has 1 aliphatic carbocycles. The third-order valence-electron chi connectivity index (χ3n) is 5.75. The number of aromatic nitrogens is 3. The lowest BCUT2D eigenvalue weighted by atomic mass is 10.1. The van der Waals surface area contributed by atoms with Gasteiger partial charge in [-0.3, -0.25) is 9.78 Å². The Morgan fingerprint density at radius 3 is 2.81 bits per heavy atom. The van der Waals surface area contributed by atoms with Gasteiger partial charge >= 0.3 is 5.97 Å². The third kappa shape index (κ3) is 3.62. The first-order valence-corrected chi connectivity index (χ1v) is 10.6. The lowest BCUT2D eigenvalue weighted by Crippen LogP contribution is -2.27. The normalized spacial score (nSPS) is 14.8. The predicted octanol–water partition coefficient (Wildman–Crippen LogP) is 4.40. The van der Waals surface area contributed by atoms with Crippen molar-refractivity contribution in [2.75, 3.05) is 5.32 Å². The van der Waals surface area contributed by atoms with Gasteiger partial charge in [-0.2, -0.15) is 5.10 Å². The Morgan fingerprint density at radius 1 is 1.12 bits per heavy atom. The van der Waals surface area contributed by atoms with Crippen molar-refractivity contribution in [3.8, 4) is 0 Å². The molecule has 0 aliphatic heterocycles. The number of benzene rings is 2. The van der Waals surface area contributed by atoms with Gasteiger partial charge in [0.1, 0.15) is 11.8 Å². The number of ether oxygens (including phenoxy) is 1. The van der Waals surface area contributed by atoms with Crippen molar-refractivity contribution in [3.05, 3.63) is 94.2 Å². The van der Waals surface area contributed by atoms with Crippen LogP contribution in [0, 0.1) is 0 Å². The number of nitrogens with one attached hydrogen (secondary N) is 1. The molecule has 2 heterocycles. The number of rotatable bonds is 5. The molecule has 7 heteroatoms. The van der Waals surface area contributed by atoms with Crippen LogP contribution in [0.3, 0.4) is 0 Å². The molecule has 7 nitrogen and oxygen atoms in total. The van der Waals surface area contributed by atoms with Crippen molar-refractivity contribution >= 4 is 28.1 Å². The minimum Gasteiger partial charge on any atom is -0.453 e. The molecule has 160 valence electrons. The Kier molecular flexibility index (Phi) is 5.15. The van der Waals surface area contributed by atoms with Gasteiger partial charge in [-0.25, -0.2) is 9.48 Å². The zero-order chi connectivity index (χ0) is 22.1. The summed E-state index contributed by atoms with van der Waals surface area (Å²) in [6.45, 7) is 2.13. The molecule has 0 bridgehead atoms. The van der Waals surface area contributed by atoms with Crippen molar-refractivity contribution in [3.63, 3.8) is 0 Å². The molecule has 2 aromatic carbocycles. The Morgan fingerprint density at radius 2 is 1.94 bits per heavy atom. The van der Waals surface area contributed by atoms with E-state index in [1.165, 1.54) is 16.3 Å². The first kappa shape index (κ1) is 19.9. The summed E-state index contributed by atoms with van der Waals surface area (Å²) in [4.78, 5) is 30.1. The van der Waals surface area contributed by atoms with E-state index >= 15 is 0 Å². The Bertz CT molecular complexity index is 1370. The number of pyridine rings is 1. The van der Waals surface area contributed by atoms with Crippen LogP contribution < -0.4 is 10.9 Å². The molecular weight excluding hydrogens is 404 g/mol. The van der Waals surface area contributed by atoms with Gasteiger partial charge in [0, 0.05) is 29.6 Å². The molecule has 4 aromatic rings. The van der Waals surface area contributed by atoms with Gasteiger partial charge in [0.25, 0.3) is 5.56 Å². The molecular formula is C25H22N4O3. The number of nitrogens with zero attached hydrogens (tertiary/aromatic N) is 3. The molecule has 1 aliphatic rings. The monoisotopic (exact) mass is 426 g/mol. The van der Waals surface area contributed by atoms with Crippen LogP contribution in [-0.4, -0.2) is 20.7 Å². The molecule has 1 N–H and O–H groups in total. The van der Waals surface area contributed by atoms with E-state index in [2.05, 4.69) is 21.5 Å². The first-order valence-electron chi connectivity index (χ1n) is 10.6. The number of aryl methyl sites for hydroxylation is 2. The highest BCUT2D eigenvalue weighted by Gasteiger charge is 2.27. The highest BCUT2D eigenvalue weighted by atomic mass is 16.5. The van der Waals surface area contributed by atoms with E-state index in [4.69, 9.17) is 4.74 Å². The van der Waals surface area contributed by atoms with E-state index in [0.29, 0.717) is 12.2 Å². The quantitative estimate of drug-likeness (QED) is 0.476. The van der Waals surface area contributed by atoms with Crippen molar-refractivity contribution < 1.29 is 9.53 Å². The summed E-state index contributed by atoms with van der Waals surface area (Å²) in [6.07, 6.45) is 4.73. The van der Waals surface area contributed by atoms with E-state index in [1.807, 2.05) is 42.5 Å². The summed E-state index contributed by atoms with van der Waals surface area (Å²) in [5, 5.41) is 9.25. The second kappa shape index (κ2) is 8.26. The summed E-state index contributed by atoms with van der Waals surface area (Å²) in [5.41, 5.74) is 2.93. The van der Waals surface area contributed by atoms with E-state index in [1.54, 1.807) is 19.3 Å². The van der Waals surface area contributed by atoms with Crippen LogP contribution in [0.25, 0.3) is 10.8 Å². The molecule has 0 amide bonds. The zero-order valence-electron chi connectivity index (χ0n) is 17.6. The van der Waals surface area contributed by atoms with Crippen molar-refractivity contribution in [1.29, 1.82) is 0 Å². The van der Waals surface area contributed by atoms with Gasteiger partial charge in [0.05, 0.1) is 11.9 Å². The van der Waals surface area contributed by atoms with E-state index < -0.39 is 5.97 Å². The number of anilines is 2. The molecule has 32 heavy (non-hydrogen) atoms. The lowest BCUT2D eigenvalue weighted by Gasteiger charge is -2.15. The summed E-state index contributed by atoms with van der Waals surface area (Å²) in [6, 6.07) is 17.2. The molecule has 0 radical (unpaired) electrons. The summed E-state index contributed by atoms with van der Waals surface area (Å²) in [5.74, 6) is -0.548. The van der Waals surface area contributed by atoms with Crippen LogP contribution >= 0.6 is 0 Å². The maximum absolute atomic E-state index is 13.0. The highest BCUT2D eigenvalue weighted by molar-refractivity contribution is 5.95. The van der Waals surface area contributed by atoms with Crippen LogP contribution in [-0.2, 0) is 17.7 Å². The fourth-order valence-corrected chi connectivity index (χ4v) is 4.14. The Balaban J connectivity index is 1.47. The zero-order valence-corrected chi connectivity index (χ0v) is 17.6. The third-order valence-corrected chi connectivity index (χ3v) is 5.75. The molecule has 0 fully saturated rings. The first-order chi connectivity index (χ1) is 15.6. The topological polar surface area (TPSA) is 86.1 Å². The van der Waals surface area contributed by atoms with Gasteiger partial charge < -0.3 is 10.1 Å². The Labute approximate surface area is 184 Å². The Hall–Kier alpha value is -4.00. The number of carbonyl (C=O) groups is 1. The van der Waals surface area contributed by atoms with E-state index in [-0.39, 0.29) is 23.0 Å². The number of hydrogen-bond acceptors (Lipinski definition) is 6. The SMILES string of the molecule is CCn1nc(C(=O)OC2CCc3ccccc32)cc(Nc2cncc3ccccc23)c1=O. The molecule has 5 rings (SSSR count). The van der Waals surface area contributed by atoms with Gasteiger partial charge in [0.15, 0.2) is 5.69 Å². The van der Waals surface area contributed by atoms with Gasteiger partial charge in [-0.05, 0) is 30.9 Å². The fourth-order valence-electron chi connectivity index (χ4n) is 4.14. The minimum absolute atomic E-state index is 0.0894. The molecule has 0 spiro atoms. The van der Waals surface area contributed by atoms with Crippen LogP contribution in [0.15, 0.2) is 71.8 Å². The van der Waals surface area contributed by atoms with Crippen LogP contribution in [0.5, 0.6) is 0 Å². The van der Waals surface area contributed by atoms with Gasteiger partial charge in [-0.1, -0.05) is 48.5 Å². The average Bonchev–Trinajstić information content (AvgIpc) is 3.23. The molecule has 1 atom stereocenters. The fraction of sp³-hybridized carbons (Fsp3) is 0.200. The van der Waals surface area contributed by atoms with Crippen LogP contribution in [0.4, 0.5) is 11.4 Å². The van der Waals surface area contributed by atoms with Crippen molar-refractivity contribution in [2.45, 2.75) is 32.4 Å². The summed E-state index contributed by atoms with van der Waals surface area (Å²) < 4.78 is 7.05. The summed E-state index contributed by atoms with van der Waals surface area (Å²) >= 11 is 0. The van der Waals surface area contributed by atoms with E-state index in [0.717, 1.165) is 29.2 Å². The smallest absolute Gasteiger partial charge is 0.359 e.